The summed E-state index contributed by atoms with van der Waals surface area (Å²) in [5.41, 5.74) is 0. The standard InChI is InChI=1S/C11H26N/c1-7-9-12(5,6)11(4)10(3)8-2/h10-11H,7-9H2,1-6H3/q+1. The minimum Gasteiger partial charge on any atom is -0.326 e. The molecular formula is C11H26N+. The monoisotopic (exact) mass is 172 g/mol. The fourth-order valence-electron chi connectivity index (χ4n) is 1.81. The summed E-state index contributed by atoms with van der Waals surface area (Å²) >= 11 is 0. The first kappa shape index (κ1) is 12.0. The van der Waals surface area contributed by atoms with Crippen LogP contribution in [0.25, 0.3) is 0 Å². The minimum absolute atomic E-state index is 0.787. The maximum absolute atomic E-state index is 2.38. The summed E-state index contributed by atoms with van der Waals surface area (Å²) in [6.45, 7) is 10.6. The highest BCUT2D eigenvalue weighted by Gasteiger charge is 2.26. The lowest BCUT2D eigenvalue weighted by molar-refractivity contribution is -0.916. The topological polar surface area (TPSA) is 0 Å². The van der Waals surface area contributed by atoms with E-state index in [2.05, 4.69) is 41.8 Å². The Balaban J connectivity index is 4.13. The molecule has 0 bridgehead atoms. The van der Waals surface area contributed by atoms with E-state index in [1.807, 2.05) is 0 Å². The van der Waals surface area contributed by atoms with E-state index < -0.39 is 0 Å². The van der Waals surface area contributed by atoms with E-state index in [4.69, 9.17) is 0 Å². The highest BCUT2D eigenvalue weighted by Crippen LogP contribution is 2.18. The van der Waals surface area contributed by atoms with Crippen LogP contribution in [0.1, 0.15) is 40.5 Å². The summed E-state index contributed by atoms with van der Waals surface area (Å²) in [6.07, 6.45) is 2.58. The molecule has 0 N–H and O–H groups in total. The minimum atomic E-state index is 0.787. The van der Waals surface area contributed by atoms with Gasteiger partial charge in [-0.15, -0.1) is 0 Å². The Morgan fingerprint density at radius 2 is 1.58 bits per heavy atom. The van der Waals surface area contributed by atoms with Gasteiger partial charge in [0.1, 0.15) is 0 Å². The quantitative estimate of drug-likeness (QED) is 0.559. The zero-order chi connectivity index (χ0) is 9.78. The number of quaternary nitrogens is 1. The normalized spacial score (nSPS) is 17.5. The van der Waals surface area contributed by atoms with E-state index in [-0.39, 0.29) is 0 Å². The Hall–Kier alpha value is -0.0400. The molecule has 12 heavy (non-hydrogen) atoms. The zero-order valence-electron chi connectivity index (χ0n) is 9.72. The molecule has 0 aliphatic heterocycles. The van der Waals surface area contributed by atoms with Crippen LogP contribution in [0.4, 0.5) is 0 Å². The summed E-state index contributed by atoms with van der Waals surface area (Å²) < 4.78 is 1.17. The van der Waals surface area contributed by atoms with Crippen LogP contribution in [0, 0.1) is 5.92 Å². The first-order valence-corrected chi connectivity index (χ1v) is 5.28. The van der Waals surface area contributed by atoms with Crippen LogP contribution < -0.4 is 0 Å². The largest absolute Gasteiger partial charge is 0.326 e. The molecule has 0 radical (unpaired) electrons. The summed E-state index contributed by atoms with van der Waals surface area (Å²) in [6, 6.07) is 0.787. The van der Waals surface area contributed by atoms with Crippen LogP contribution in [0.3, 0.4) is 0 Å². The number of nitrogens with zero attached hydrogens (tertiary/aromatic N) is 1. The molecule has 1 heteroatoms. The first-order chi connectivity index (χ1) is 5.45. The highest BCUT2D eigenvalue weighted by atomic mass is 15.3. The van der Waals surface area contributed by atoms with Gasteiger partial charge < -0.3 is 4.48 Å². The van der Waals surface area contributed by atoms with E-state index in [0.717, 1.165) is 12.0 Å². The molecule has 74 valence electrons. The van der Waals surface area contributed by atoms with E-state index in [1.54, 1.807) is 0 Å². The molecule has 0 saturated heterocycles. The van der Waals surface area contributed by atoms with Crippen molar-refractivity contribution in [3.05, 3.63) is 0 Å². The average Bonchev–Trinajstić information content (AvgIpc) is 2.01. The van der Waals surface area contributed by atoms with E-state index >= 15 is 0 Å². The summed E-state index contributed by atoms with van der Waals surface area (Å²) in [5.74, 6) is 0.839. The van der Waals surface area contributed by atoms with Crippen molar-refractivity contribution in [1.29, 1.82) is 0 Å². The van der Waals surface area contributed by atoms with Crippen LogP contribution in [-0.2, 0) is 0 Å². The summed E-state index contributed by atoms with van der Waals surface area (Å²) in [7, 11) is 4.70. The molecule has 0 fully saturated rings. The van der Waals surface area contributed by atoms with Crippen LogP contribution in [0.15, 0.2) is 0 Å². The maximum atomic E-state index is 2.38. The van der Waals surface area contributed by atoms with Gasteiger partial charge in [0.2, 0.25) is 0 Å². The molecule has 0 spiro atoms. The smallest absolute Gasteiger partial charge is 0.0883 e. The lowest BCUT2D eigenvalue weighted by atomic mass is 9.98. The summed E-state index contributed by atoms with van der Waals surface area (Å²) in [5, 5.41) is 0. The number of hydrogen-bond acceptors (Lipinski definition) is 0. The van der Waals surface area contributed by atoms with Crippen molar-refractivity contribution in [3.8, 4) is 0 Å². The first-order valence-electron chi connectivity index (χ1n) is 5.28. The SMILES string of the molecule is CCC[N+](C)(C)C(C)C(C)CC. The second kappa shape index (κ2) is 4.86. The van der Waals surface area contributed by atoms with E-state index in [9.17, 15) is 0 Å². The molecule has 2 unspecified atom stereocenters. The molecule has 0 heterocycles. The molecule has 1 nitrogen and oxygen atoms in total. The molecule has 0 amide bonds. The molecule has 2 atom stereocenters. The van der Waals surface area contributed by atoms with Crippen LogP contribution >= 0.6 is 0 Å². The van der Waals surface area contributed by atoms with Crippen molar-refractivity contribution >= 4 is 0 Å². The van der Waals surface area contributed by atoms with Gasteiger partial charge in [-0.2, -0.15) is 0 Å². The predicted octanol–water partition coefficient (Wildman–Crippen LogP) is 2.91. The summed E-state index contributed by atoms with van der Waals surface area (Å²) in [4.78, 5) is 0. The Labute approximate surface area is 78.4 Å². The Morgan fingerprint density at radius 3 is 1.92 bits per heavy atom. The molecule has 0 rings (SSSR count). The van der Waals surface area contributed by atoms with Crippen molar-refractivity contribution in [2.45, 2.75) is 46.6 Å². The fraction of sp³-hybridized carbons (Fsp3) is 1.00. The van der Waals surface area contributed by atoms with Gasteiger partial charge in [0.25, 0.3) is 0 Å². The Kier molecular flexibility index (Phi) is 4.84. The van der Waals surface area contributed by atoms with Gasteiger partial charge in [-0.3, -0.25) is 0 Å². The number of rotatable bonds is 5. The van der Waals surface area contributed by atoms with Gasteiger partial charge in [0.05, 0.1) is 26.7 Å². The van der Waals surface area contributed by atoms with Crippen molar-refractivity contribution in [2.24, 2.45) is 5.92 Å². The lowest BCUT2D eigenvalue weighted by Gasteiger charge is -2.39. The lowest BCUT2D eigenvalue weighted by Crippen LogP contribution is -2.50. The number of hydrogen-bond donors (Lipinski definition) is 0. The van der Waals surface area contributed by atoms with Gasteiger partial charge >= 0.3 is 0 Å². The average molecular weight is 172 g/mol. The van der Waals surface area contributed by atoms with Crippen molar-refractivity contribution in [2.75, 3.05) is 20.6 Å². The van der Waals surface area contributed by atoms with Crippen LogP contribution in [0.5, 0.6) is 0 Å². The molecular weight excluding hydrogens is 146 g/mol. The van der Waals surface area contributed by atoms with Crippen molar-refractivity contribution in [3.63, 3.8) is 0 Å². The highest BCUT2D eigenvalue weighted by molar-refractivity contribution is 4.59. The molecule has 0 aromatic carbocycles. The molecule has 0 aromatic heterocycles. The Bertz CT molecular complexity index is 118. The Morgan fingerprint density at radius 1 is 1.08 bits per heavy atom. The van der Waals surface area contributed by atoms with Crippen molar-refractivity contribution < 1.29 is 4.48 Å². The second-order valence-electron chi connectivity index (χ2n) is 4.63. The molecule has 0 saturated carbocycles. The van der Waals surface area contributed by atoms with Gasteiger partial charge in [0, 0.05) is 5.92 Å². The van der Waals surface area contributed by atoms with Gasteiger partial charge in [-0.25, -0.2) is 0 Å². The second-order valence-corrected chi connectivity index (χ2v) is 4.63. The zero-order valence-corrected chi connectivity index (χ0v) is 9.72. The predicted molar refractivity (Wildman–Crippen MR) is 56.2 cm³/mol. The third-order valence-corrected chi connectivity index (χ3v) is 3.37. The van der Waals surface area contributed by atoms with Crippen LogP contribution in [0.2, 0.25) is 0 Å². The third-order valence-electron chi connectivity index (χ3n) is 3.37. The fourth-order valence-corrected chi connectivity index (χ4v) is 1.81. The van der Waals surface area contributed by atoms with Gasteiger partial charge in [0.15, 0.2) is 0 Å². The van der Waals surface area contributed by atoms with E-state index in [0.29, 0.717) is 0 Å². The van der Waals surface area contributed by atoms with E-state index in [1.165, 1.54) is 23.9 Å². The van der Waals surface area contributed by atoms with Gasteiger partial charge in [-0.1, -0.05) is 20.8 Å². The molecule has 0 aromatic rings. The van der Waals surface area contributed by atoms with Crippen LogP contribution in [-0.4, -0.2) is 31.2 Å². The molecule has 0 aliphatic rings. The molecule has 0 aliphatic carbocycles. The maximum Gasteiger partial charge on any atom is 0.0883 e. The van der Waals surface area contributed by atoms with Crippen molar-refractivity contribution in [1.82, 2.24) is 0 Å². The third kappa shape index (κ3) is 3.14. The van der Waals surface area contributed by atoms with Gasteiger partial charge in [-0.05, 0) is 19.8 Å².